The number of H-pyrrole nitrogens is 2. The molecule has 2 aromatic carbocycles. The first-order valence-electron chi connectivity index (χ1n) is 24.0. The zero-order valence-corrected chi connectivity index (χ0v) is 42.8. The van der Waals surface area contributed by atoms with E-state index in [0.717, 1.165) is 75.0 Å². The van der Waals surface area contributed by atoms with Gasteiger partial charge in [-0.25, -0.2) is 9.97 Å². The van der Waals surface area contributed by atoms with Crippen molar-refractivity contribution < 1.29 is 19.5 Å². The predicted octanol–water partition coefficient (Wildman–Crippen LogP) is 17.2. The van der Waals surface area contributed by atoms with Gasteiger partial charge in [0.25, 0.3) is 0 Å². The molecule has 0 spiro atoms. The molecule has 2 N–H and O–H groups in total. The second-order valence-corrected chi connectivity index (χ2v) is 18.2. The first-order chi connectivity index (χ1) is 30.0. The summed E-state index contributed by atoms with van der Waals surface area (Å²) in [4.78, 5) is 18.7. The third kappa shape index (κ3) is 11.8. The van der Waals surface area contributed by atoms with Crippen LogP contribution in [0.1, 0.15) is 175 Å². The minimum Gasteiger partial charge on any atom is -0.355 e. The fourth-order valence-electron chi connectivity index (χ4n) is 9.38. The minimum absolute atomic E-state index is 0. The summed E-state index contributed by atoms with van der Waals surface area (Å²) in [7, 11) is 0. The number of benzene rings is 2. The Hall–Kier alpha value is -3.86. The number of aryl methyl sites for hydroxylation is 4. The Morgan fingerprint density at radius 3 is 1.34 bits per heavy atom. The van der Waals surface area contributed by atoms with Crippen molar-refractivity contribution in [3.05, 3.63) is 116 Å². The Bertz CT molecular complexity index is 2340. The van der Waals surface area contributed by atoms with Crippen LogP contribution >= 0.6 is 15.9 Å². The third-order valence-corrected chi connectivity index (χ3v) is 13.5. The van der Waals surface area contributed by atoms with Crippen LogP contribution in [0.4, 0.5) is 0 Å². The maximum atomic E-state index is 5.47. The van der Waals surface area contributed by atoms with E-state index in [9.17, 15) is 0 Å². The van der Waals surface area contributed by atoms with Gasteiger partial charge >= 0.3 is 0 Å². The number of halogens is 1. The van der Waals surface area contributed by atoms with Crippen molar-refractivity contribution >= 4 is 62.3 Å². The zero-order chi connectivity index (χ0) is 42.4. The molecule has 0 unspecified atom stereocenters. The molecule has 4 nitrogen and oxygen atoms in total. The topological polar surface area (TPSA) is 57.4 Å². The summed E-state index contributed by atoms with van der Waals surface area (Å²) in [5.74, 6) is 0. The Kier molecular flexibility index (Phi) is 18.6. The molecule has 0 fully saturated rings. The number of unbranched alkanes of at least 4 members (excludes halogenated alkanes) is 12. The van der Waals surface area contributed by atoms with Gasteiger partial charge < -0.3 is 9.97 Å². The van der Waals surface area contributed by atoms with Gasteiger partial charge in [0.15, 0.2) is 0 Å². The zero-order valence-electron chi connectivity index (χ0n) is 38.3. The molecular weight excluding hydrogens is 874 g/mol. The monoisotopic (exact) mass is 940 g/mol. The van der Waals surface area contributed by atoms with Gasteiger partial charge in [0.1, 0.15) is 0 Å². The molecule has 0 atom stereocenters. The van der Waals surface area contributed by atoms with Crippen molar-refractivity contribution in [2.45, 2.75) is 156 Å². The quantitative estimate of drug-likeness (QED) is 0.0525. The summed E-state index contributed by atoms with van der Waals surface area (Å²) in [5.41, 5.74) is 19.0. The van der Waals surface area contributed by atoms with E-state index < -0.39 is 0 Å². The number of hydrogen-bond donors (Lipinski definition) is 2. The summed E-state index contributed by atoms with van der Waals surface area (Å²) in [6.07, 6.45) is 33.0. The van der Waals surface area contributed by atoms with E-state index in [4.69, 9.17) is 9.97 Å². The van der Waals surface area contributed by atoms with E-state index in [0.29, 0.717) is 0 Å². The minimum atomic E-state index is 0. The van der Waals surface area contributed by atoms with E-state index in [2.05, 4.69) is 145 Å². The van der Waals surface area contributed by atoms with Crippen molar-refractivity contribution in [2.24, 2.45) is 0 Å². The van der Waals surface area contributed by atoms with Crippen LogP contribution in [0.5, 0.6) is 0 Å². The second-order valence-electron chi connectivity index (χ2n) is 17.4. The number of fused-ring (bicyclic) bond motifs is 8. The van der Waals surface area contributed by atoms with Crippen LogP contribution in [0.15, 0.2) is 71.2 Å². The first kappa shape index (κ1) is 47.6. The van der Waals surface area contributed by atoms with Crippen LogP contribution in [0.2, 0.25) is 0 Å². The van der Waals surface area contributed by atoms with Crippen LogP contribution in [0.25, 0.3) is 68.6 Å². The summed E-state index contributed by atoms with van der Waals surface area (Å²) in [6, 6.07) is 25.2. The standard InChI is InChI=1S/C56H69BrN4.Zn/c1-5-9-13-17-23-40-27-21-28-41(24-18-14-10-6-2)52(40)54-46-33-31-44(58-46)39-45-32-34-47(59-45)55(49-36-38-51(61-49)56(57)50-37-35-48(54)60-50)53-42(25-19-15-11-7-3)29-22-30-43(53)26-20-16-12-8-4;/h21-22,27-39,58,61H,5-20,23-26H2,1-4H3;. The van der Waals surface area contributed by atoms with Crippen molar-refractivity contribution in [3.8, 4) is 22.3 Å². The van der Waals surface area contributed by atoms with Gasteiger partial charge in [-0.3, -0.25) is 0 Å². The van der Waals surface area contributed by atoms with Crippen molar-refractivity contribution in [3.63, 3.8) is 0 Å². The summed E-state index contributed by atoms with van der Waals surface area (Å²) < 4.78 is 0.965. The number of aromatic amines is 2. The number of rotatable bonds is 22. The van der Waals surface area contributed by atoms with E-state index in [-0.39, 0.29) is 19.5 Å². The van der Waals surface area contributed by atoms with Crippen LogP contribution < -0.4 is 0 Å². The first-order valence-corrected chi connectivity index (χ1v) is 24.8. The average molecular weight is 943 g/mol. The van der Waals surface area contributed by atoms with Gasteiger partial charge in [0, 0.05) is 47.2 Å². The molecule has 7 rings (SSSR count). The van der Waals surface area contributed by atoms with Gasteiger partial charge in [-0.1, -0.05) is 141 Å². The van der Waals surface area contributed by atoms with Gasteiger partial charge in [0.05, 0.1) is 32.8 Å². The Balaban J connectivity index is 0.00000641. The van der Waals surface area contributed by atoms with E-state index in [1.807, 2.05) is 0 Å². The van der Waals surface area contributed by atoms with E-state index in [1.54, 1.807) is 0 Å². The molecule has 0 saturated carbocycles. The summed E-state index contributed by atoms with van der Waals surface area (Å²) in [6.45, 7) is 9.18. The van der Waals surface area contributed by atoms with Gasteiger partial charge in [-0.15, -0.1) is 0 Å². The Morgan fingerprint density at radius 2 is 0.839 bits per heavy atom. The van der Waals surface area contributed by atoms with Crippen LogP contribution in [-0.2, 0) is 45.2 Å². The van der Waals surface area contributed by atoms with Crippen molar-refractivity contribution in [2.75, 3.05) is 0 Å². The molecule has 0 amide bonds. The molecule has 0 saturated heterocycles. The number of hydrogen-bond acceptors (Lipinski definition) is 2. The normalized spacial score (nSPS) is 12.0. The molecule has 2 aliphatic rings. The Morgan fingerprint density at radius 1 is 0.419 bits per heavy atom. The van der Waals surface area contributed by atoms with Gasteiger partial charge in [-0.05, 0) is 155 Å². The maximum Gasteiger partial charge on any atom is 0.0801 e. The largest absolute Gasteiger partial charge is 0.355 e. The molecule has 0 aliphatic carbocycles. The smallest absolute Gasteiger partial charge is 0.0801 e. The summed E-state index contributed by atoms with van der Waals surface area (Å²) in [5, 5.41) is 0. The predicted molar refractivity (Wildman–Crippen MR) is 269 cm³/mol. The third-order valence-electron chi connectivity index (χ3n) is 12.7. The fourth-order valence-corrected chi connectivity index (χ4v) is 9.83. The fraction of sp³-hybridized carbons (Fsp3) is 0.429. The second kappa shape index (κ2) is 24.3. The van der Waals surface area contributed by atoms with Crippen LogP contribution in [0, 0.1) is 0 Å². The molecule has 62 heavy (non-hydrogen) atoms. The molecule has 5 aromatic rings. The number of aromatic nitrogens is 4. The average Bonchev–Trinajstić information content (AvgIpc) is 4.12. The molecule has 2 aliphatic heterocycles. The van der Waals surface area contributed by atoms with E-state index >= 15 is 0 Å². The van der Waals surface area contributed by atoms with Crippen LogP contribution in [0.3, 0.4) is 0 Å². The van der Waals surface area contributed by atoms with Crippen LogP contribution in [-0.4, -0.2) is 19.9 Å². The van der Waals surface area contributed by atoms with Crippen molar-refractivity contribution in [1.82, 2.24) is 19.9 Å². The number of nitrogens with one attached hydrogen (secondary N) is 2. The molecule has 5 heterocycles. The summed E-state index contributed by atoms with van der Waals surface area (Å²) >= 11 is 4.08. The molecule has 0 radical (unpaired) electrons. The molecular formula is C56H69BrN4Zn. The molecule has 8 bridgehead atoms. The Labute approximate surface area is 393 Å². The molecule has 3 aromatic heterocycles. The SMILES string of the molecule is CCCCCCc1cccc(CCCCCC)c1-c1c2nc(c(Br)c3ccc([nH]3)c(-c3c(CCCCCC)cccc3CCCCCC)c3nc(cc4ccc1[nH]4)C=C3)C=C2.[Zn]. The van der Waals surface area contributed by atoms with Crippen molar-refractivity contribution in [1.29, 1.82) is 0 Å². The molecule has 6 heteroatoms. The molecule has 322 valence electrons. The maximum absolute atomic E-state index is 5.47. The van der Waals surface area contributed by atoms with Gasteiger partial charge in [0.2, 0.25) is 0 Å². The number of nitrogens with zero attached hydrogens (tertiary/aromatic N) is 2. The van der Waals surface area contributed by atoms with E-state index in [1.165, 1.54) is 147 Å². The van der Waals surface area contributed by atoms with Gasteiger partial charge in [-0.2, -0.15) is 0 Å².